The summed E-state index contributed by atoms with van der Waals surface area (Å²) in [6, 6.07) is 6.03. The van der Waals surface area contributed by atoms with Gasteiger partial charge < -0.3 is 5.73 Å². The highest BCUT2D eigenvalue weighted by Gasteiger charge is 2.11. The molecule has 0 aliphatic carbocycles. The maximum atomic E-state index is 5.78. The molecule has 0 saturated heterocycles. The van der Waals surface area contributed by atoms with Crippen molar-refractivity contribution in [1.29, 1.82) is 0 Å². The van der Waals surface area contributed by atoms with Crippen LogP contribution >= 0.6 is 12.2 Å². The molecule has 0 radical (unpaired) electrons. The number of hydrogen-bond donors (Lipinski definition) is 2. The van der Waals surface area contributed by atoms with Crippen LogP contribution in [0.5, 0.6) is 0 Å². The fraction of sp³-hybridized carbons (Fsp3) is 0.300. The Balaban J connectivity index is 3.23. The van der Waals surface area contributed by atoms with E-state index in [9.17, 15) is 0 Å². The first kappa shape index (κ1) is 10.9. The number of rotatable bonds is 2. The number of thiocarbonyl (C=S) groups is 1. The maximum Gasteiger partial charge on any atom is 0.185 e. The van der Waals surface area contributed by atoms with Crippen LogP contribution in [0.15, 0.2) is 18.2 Å². The van der Waals surface area contributed by atoms with Gasteiger partial charge in [0.05, 0.1) is 5.69 Å². The lowest BCUT2D eigenvalue weighted by Gasteiger charge is -2.21. The first-order valence-corrected chi connectivity index (χ1v) is 4.91. The molecule has 0 bridgehead atoms. The molecule has 76 valence electrons. The third-order valence-corrected chi connectivity index (χ3v) is 2.38. The Morgan fingerprint density at radius 1 is 1.50 bits per heavy atom. The van der Waals surface area contributed by atoms with Crippen LogP contribution in [0.25, 0.3) is 0 Å². The molecular formula is C10H15N3S. The molecule has 0 spiro atoms. The molecule has 4 heteroatoms. The van der Waals surface area contributed by atoms with Gasteiger partial charge in [-0.2, -0.15) is 0 Å². The second-order valence-electron chi connectivity index (χ2n) is 3.14. The molecule has 0 unspecified atom stereocenters. The molecule has 0 amide bonds. The summed E-state index contributed by atoms with van der Waals surface area (Å²) >= 11 is 4.85. The summed E-state index contributed by atoms with van der Waals surface area (Å²) in [5.41, 5.74) is 8.65. The van der Waals surface area contributed by atoms with Crippen molar-refractivity contribution >= 4 is 23.0 Å². The summed E-state index contributed by atoms with van der Waals surface area (Å²) in [6.45, 7) is 4.07. The first-order chi connectivity index (χ1) is 6.57. The highest BCUT2D eigenvalue weighted by atomic mass is 32.1. The predicted molar refractivity (Wildman–Crippen MR) is 64.0 cm³/mol. The highest BCUT2D eigenvalue weighted by molar-refractivity contribution is 7.80. The summed E-state index contributed by atoms with van der Waals surface area (Å²) in [5.74, 6) is 5.78. The molecule has 0 heterocycles. The number of benzene rings is 1. The number of hydrogen-bond acceptors (Lipinski definition) is 2. The molecule has 3 nitrogen and oxygen atoms in total. The third-order valence-electron chi connectivity index (χ3n) is 2.18. The minimum Gasteiger partial charge on any atom is -0.375 e. The minimum atomic E-state index is 0.189. The van der Waals surface area contributed by atoms with Crippen LogP contribution < -0.4 is 16.6 Å². The average Bonchev–Trinajstić information content (AvgIpc) is 2.16. The van der Waals surface area contributed by atoms with E-state index in [0.29, 0.717) is 0 Å². The van der Waals surface area contributed by atoms with E-state index in [1.54, 1.807) is 0 Å². The van der Waals surface area contributed by atoms with Gasteiger partial charge in [0.25, 0.3) is 0 Å². The van der Waals surface area contributed by atoms with Crippen molar-refractivity contribution in [3.8, 4) is 0 Å². The molecule has 0 fully saturated rings. The predicted octanol–water partition coefficient (Wildman–Crippen LogP) is 1.48. The average molecular weight is 209 g/mol. The lowest BCUT2D eigenvalue weighted by atomic mass is 10.1. The van der Waals surface area contributed by atoms with Crippen molar-refractivity contribution in [3.05, 3.63) is 29.3 Å². The molecule has 0 atom stereocenters. The van der Waals surface area contributed by atoms with Gasteiger partial charge in [0, 0.05) is 0 Å². The number of hydrazine groups is 1. The third kappa shape index (κ3) is 2.02. The van der Waals surface area contributed by atoms with Crippen molar-refractivity contribution in [2.24, 2.45) is 11.6 Å². The molecule has 0 aliphatic rings. The van der Waals surface area contributed by atoms with Gasteiger partial charge in [-0.3, -0.25) is 5.01 Å². The Morgan fingerprint density at radius 3 is 2.64 bits per heavy atom. The Morgan fingerprint density at radius 2 is 2.14 bits per heavy atom. The van der Waals surface area contributed by atoms with Crippen molar-refractivity contribution in [2.75, 3.05) is 5.01 Å². The number of nitrogens with zero attached hydrogens (tertiary/aromatic N) is 1. The van der Waals surface area contributed by atoms with Crippen LogP contribution in [0.2, 0.25) is 0 Å². The second-order valence-corrected chi connectivity index (χ2v) is 3.56. The van der Waals surface area contributed by atoms with Gasteiger partial charge in [-0.15, -0.1) is 0 Å². The molecule has 0 saturated carbocycles. The minimum absolute atomic E-state index is 0.189. The largest absolute Gasteiger partial charge is 0.375 e. The van der Waals surface area contributed by atoms with Gasteiger partial charge in [-0.1, -0.05) is 25.1 Å². The van der Waals surface area contributed by atoms with Crippen molar-refractivity contribution < 1.29 is 0 Å². The molecule has 1 rings (SSSR count). The molecule has 4 N–H and O–H groups in total. The van der Waals surface area contributed by atoms with Crippen molar-refractivity contribution in [3.63, 3.8) is 0 Å². The van der Waals surface area contributed by atoms with Crippen LogP contribution in [-0.4, -0.2) is 5.11 Å². The summed E-state index contributed by atoms with van der Waals surface area (Å²) in [4.78, 5) is 0. The van der Waals surface area contributed by atoms with Gasteiger partial charge in [0.1, 0.15) is 0 Å². The molecule has 14 heavy (non-hydrogen) atoms. The number of aryl methyl sites for hydroxylation is 2. The van der Waals surface area contributed by atoms with Crippen LogP contribution in [0, 0.1) is 6.92 Å². The maximum absolute atomic E-state index is 5.78. The Bertz CT molecular complexity index is 349. The highest BCUT2D eigenvalue weighted by Crippen LogP contribution is 2.23. The van der Waals surface area contributed by atoms with Crippen LogP contribution in [-0.2, 0) is 6.42 Å². The van der Waals surface area contributed by atoms with E-state index in [2.05, 4.69) is 6.92 Å². The lowest BCUT2D eigenvalue weighted by molar-refractivity contribution is 1.05. The van der Waals surface area contributed by atoms with Gasteiger partial charge in [-0.25, -0.2) is 5.84 Å². The monoisotopic (exact) mass is 209 g/mol. The van der Waals surface area contributed by atoms with Crippen molar-refractivity contribution in [2.45, 2.75) is 20.3 Å². The van der Waals surface area contributed by atoms with E-state index < -0.39 is 0 Å². The number of anilines is 1. The topological polar surface area (TPSA) is 55.3 Å². The fourth-order valence-corrected chi connectivity index (χ4v) is 1.55. The molecule has 0 aliphatic heterocycles. The fourth-order valence-electron chi connectivity index (χ4n) is 1.46. The number of para-hydroxylation sites is 1. The lowest BCUT2D eigenvalue weighted by Crippen LogP contribution is -2.42. The SMILES string of the molecule is CCc1cccc(C)c1N(N)C(N)=S. The van der Waals surface area contributed by atoms with Gasteiger partial charge in [0.2, 0.25) is 0 Å². The summed E-state index contributed by atoms with van der Waals surface area (Å²) in [6.07, 6.45) is 0.910. The zero-order valence-corrected chi connectivity index (χ0v) is 9.27. The molecule has 0 aromatic heterocycles. The summed E-state index contributed by atoms with van der Waals surface area (Å²) in [7, 11) is 0. The Labute approximate surface area is 89.7 Å². The van der Waals surface area contributed by atoms with E-state index >= 15 is 0 Å². The molecular weight excluding hydrogens is 194 g/mol. The van der Waals surface area contributed by atoms with Crippen molar-refractivity contribution in [1.82, 2.24) is 0 Å². The quantitative estimate of drug-likeness (QED) is 0.440. The van der Waals surface area contributed by atoms with E-state index in [4.69, 9.17) is 23.8 Å². The molecule has 1 aromatic carbocycles. The van der Waals surface area contributed by atoms with E-state index in [1.807, 2.05) is 25.1 Å². The summed E-state index contributed by atoms with van der Waals surface area (Å²) in [5, 5.41) is 1.55. The molecule has 1 aromatic rings. The van der Waals surface area contributed by atoms with Crippen LogP contribution in [0.3, 0.4) is 0 Å². The Hall–Kier alpha value is -1.13. The Kier molecular flexibility index (Phi) is 3.43. The van der Waals surface area contributed by atoms with Gasteiger partial charge in [0.15, 0.2) is 5.11 Å². The van der Waals surface area contributed by atoms with Crippen LogP contribution in [0.1, 0.15) is 18.1 Å². The standard InChI is InChI=1S/C10H15N3S/c1-3-8-6-4-5-7(2)9(8)13(12)10(11)14/h4-6H,3,12H2,1-2H3,(H2,11,14). The smallest absolute Gasteiger partial charge is 0.185 e. The zero-order chi connectivity index (χ0) is 10.7. The van der Waals surface area contributed by atoms with Crippen LogP contribution in [0.4, 0.5) is 5.69 Å². The summed E-state index contributed by atoms with van der Waals surface area (Å²) < 4.78 is 0. The normalized spacial score (nSPS) is 9.93. The van der Waals surface area contributed by atoms with Gasteiger partial charge in [-0.05, 0) is 36.7 Å². The van der Waals surface area contributed by atoms with E-state index in [-0.39, 0.29) is 5.11 Å². The number of nitrogens with two attached hydrogens (primary N) is 2. The first-order valence-electron chi connectivity index (χ1n) is 4.50. The zero-order valence-electron chi connectivity index (χ0n) is 8.45. The van der Waals surface area contributed by atoms with E-state index in [0.717, 1.165) is 23.2 Å². The van der Waals surface area contributed by atoms with E-state index in [1.165, 1.54) is 5.01 Å². The van der Waals surface area contributed by atoms with Gasteiger partial charge >= 0.3 is 0 Å². The second kappa shape index (κ2) is 4.39.